The molecule has 2 rings (SSSR count). The van der Waals surface area contributed by atoms with E-state index in [9.17, 15) is 14.4 Å². The minimum Gasteiger partial charge on any atom is -0.480 e. The highest BCUT2D eigenvalue weighted by Crippen LogP contribution is 2.21. The van der Waals surface area contributed by atoms with Crippen molar-refractivity contribution < 1.29 is 19.5 Å². The molecule has 0 unspecified atom stereocenters. The minimum absolute atomic E-state index is 0.0433. The molecule has 11 heteroatoms. The van der Waals surface area contributed by atoms with Crippen molar-refractivity contribution in [2.45, 2.75) is 18.0 Å². The normalized spacial score (nSPS) is 11.9. The first-order valence-corrected chi connectivity index (χ1v) is 7.51. The Kier molecular flexibility index (Phi) is 5.46. The molecular formula is C12H14N6O4S. The Morgan fingerprint density at radius 3 is 2.87 bits per heavy atom. The molecule has 1 atom stereocenters. The van der Waals surface area contributed by atoms with Gasteiger partial charge in [0.05, 0.1) is 12.1 Å². The number of imidazole rings is 1. The largest absolute Gasteiger partial charge is 0.480 e. The van der Waals surface area contributed by atoms with Crippen LogP contribution in [0.2, 0.25) is 0 Å². The molecule has 2 heterocycles. The number of thioether (sulfide) groups is 1. The number of hydrogen-bond donors (Lipinski definition) is 4. The van der Waals surface area contributed by atoms with Crippen LogP contribution in [0.5, 0.6) is 0 Å². The van der Waals surface area contributed by atoms with Crippen molar-refractivity contribution in [3.63, 3.8) is 0 Å². The molecule has 4 N–H and O–H groups in total. The van der Waals surface area contributed by atoms with Gasteiger partial charge in [0, 0.05) is 0 Å². The average molecular weight is 338 g/mol. The predicted molar refractivity (Wildman–Crippen MR) is 80.7 cm³/mol. The second kappa shape index (κ2) is 7.54. The number of aromatic nitrogens is 4. The number of nitrogens with zero attached hydrogens (tertiary/aromatic N) is 3. The van der Waals surface area contributed by atoms with Gasteiger partial charge in [0.1, 0.15) is 29.5 Å². The Morgan fingerprint density at radius 2 is 2.13 bits per heavy atom. The number of fused-ring (bicyclic) bond motifs is 1. The molecule has 2 amide bonds. The Labute approximate surface area is 134 Å². The van der Waals surface area contributed by atoms with Gasteiger partial charge in [-0.3, -0.25) is 14.4 Å². The Morgan fingerprint density at radius 1 is 1.35 bits per heavy atom. The lowest BCUT2D eigenvalue weighted by Crippen LogP contribution is -2.46. The Balaban J connectivity index is 1.84. The molecule has 23 heavy (non-hydrogen) atoms. The molecule has 122 valence electrons. The molecule has 0 saturated carbocycles. The number of aliphatic carboxylic acids is 1. The summed E-state index contributed by atoms with van der Waals surface area (Å²) in [6, 6.07) is -0.833. The SMILES string of the molecule is C[C@H](NC(=O)CSc1ncnc2nc[nH]c12)C(=O)NCC(=O)O. The number of hydrogen-bond acceptors (Lipinski definition) is 7. The number of H-pyrrole nitrogens is 1. The van der Waals surface area contributed by atoms with Crippen molar-refractivity contribution in [1.82, 2.24) is 30.6 Å². The first kappa shape index (κ1) is 16.7. The molecule has 0 bridgehead atoms. The van der Waals surface area contributed by atoms with Gasteiger partial charge in [-0.2, -0.15) is 0 Å². The van der Waals surface area contributed by atoms with Crippen molar-refractivity contribution in [3.05, 3.63) is 12.7 Å². The van der Waals surface area contributed by atoms with Crippen molar-refractivity contribution in [2.24, 2.45) is 0 Å². The van der Waals surface area contributed by atoms with Crippen LogP contribution < -0.4 is 10.6 Å². The van der Waals surface area contributed by atoms with E-state index < -0.39 is 24.5 Å². The van der Waals surface area contributed by atoms with Crippen LogP contribution in [0, 0.1) is 0 Å². The molecule has 0 spiro atoms. The zero-order chi connectivity index (χ0) is 16.8. The number of carbonyl (C=O) groups is 3. The molecule has 0 aliphatic carbocycles. The molecule has 0 fully saturated rings. The zero-order valence-electron chi connectivity index (χ0n) is 12.1. The van der Waals surface area contributed by atoms with Crippen LogP contribution in [0.15, 0.2) is 17.7 Å². The van der Waals surface area contributed by atoms with Gasteiger partial charge >= 0.3 is 5.97 Å². The summed E-state index contributed by atoms with van der Waals surface area (Å²) in [6.45, 7) is 0.976. The summed E-state index contributed by atoms with van der Waals surface area (Å²) in [5, 5.41) is 13.7. The fourth-order valence-electron chi connectivity index (χ4n) is 1.65. The summed E-state index contributed by atoms with van der Waals surface area (Å²) >= 11 is 1.17. The summed E-state index contributed by atoms with van der Waals surface area (Å²) < 4.78 is 0. The van der Waals surface area contributed by atoms with E-state index in [0.29, 0.717) is 16.2 Å². The lowest BCUT2D eigenvalue weighted by atomic mass is 10.3. The van der Waals surface area contributed by atoms with Gasteiger partial charge in [0.15, 0.2) is 5.65 Å². The zero-order valence-corrected chi connectivity index (χ0v) is 12.9. The maximum atomic E-state index is 11.8. The van der Waals surface area contributed by atoms with Crippen molar-refractivity contribution in [3.8, 4) is 0 Å². The molecule has 0 aromatic carbocycles. The van der Waals surface area contributed by atoms with E-state index in [2.05, 4.69) is 30.6 Å². The molecule has 2 aromatic heterocycles. The third-order valence-electron chi connectivity index (χ3n) is 2.71. The van der Waals surface area contributed by atoms with Gasteiger partial charge in [-0.1, -0.05) is 11.8 Å². The van der Waals surface area contributed by atoms with E-state index in [0.717, 1.165) is 0 Å². The number of aromatic amines is 1. The minimum atomic E-state index is -1.15. The van der Waals surface area contributed by atoms with Crippen molar-refractivity contribution in [2.75, 3.05) is 12.3 Å². The van der Waals surface area contributed by atoms with Crippen LogP contribution in [0.4, 0.5) is 0 Å². The maximum Gasteiger partial charge on any atom is 0.322 e. The fraction of sp³-hybridized carbons (Fsp3) is 0.333. The first-order chi connectivity index (χ1) is 11.0. The second-order valence-electron chi connectivity index (χ2n) is 4.47. The third-order valence-corrected chi connectivity index (χ3v) is 3.70. The van der Waals surface area contributed by atoms with Gasteiger partial charge in [-0.15, -0.1) is 0 Å². The van der Waals surface area contributed by atoms with Crippen LogP contribution >= 0.6 is 11.8 Å². The van der Waals surface area contributed by atoms with Crippen LogP contribution in [0.1, 0.15) is 6.92 Å². The molecule has 2 aromatic rings. The smallest absolute Gasteiger partial charge is 0.322 e. The highest BCUT2D eigenvalue weighted by Gasteiger charge is 2.17. The summed E-state index contributed by atoms with van der Waals surface area (Å²) in [7, 11) is 0. The monoisotopic (exact) mass is 338 g/mol. The molecular weight excluding hydrogens is 324 g/mol. The predicted octanol–water partition coefficient (Wildman–Crippen LogP) is -0.849. The van der Waals surface area contributed by atoms with Gasteiger partial charge in [0.2, 0.25) is 11.8 Å². The summed E-state index contributed by atoms with van der Waals surface area (Å²) in [5.74, 6) is -2.05. The Hall–Kier alpha value is -2.69. The molecule has 0 saturated heterocycles. The van der Waals surface area contributed by atoms with Gasteiger partial charge in [-0.05, 0) is 6.92 Å². The quantitative estimate of drug-likeness (QED) is 0.376. The topological polar surface area (TPSA) is 150 Å². The van der Waals surface area contributed by atoms with Gasteiger partial charge < -0.3 is 20.7 Å². The summed E-state index contributed by atoms with van der Waals surface area (Å²) in [6.07, 6.45) is 2.84. The second-order valence-corrected chi connectivity index (χ2v) is 5.43. The van der Waals surface area contributed by atoms with E-state index in [-0.39, 0.29) is 11.7 Å². The number of carbonyl (C=O) groups excluding carboxylic acids is 2. The van der Waals surface area contributed by atoms with Gasteiger partial charge in [0.25, 0.3) is 0 Å². The van der Waals surface area contributed by atoms with Gasteiger partial charge in [-0.25, -0.2) is 15.0 Å². The number of nitrogens with one attached hydrogen (secondary N) is 3. The lowest BCUT2D eigenvalue weighted by Gasteiger charge is -2.13. The number of carboxylic acid groups (broad SMARTS) is 1. The highest BCUT2D eigenvalue weighted by atomic mass is 32.2. The number of rotatable bonds is 7. The van der Waals surface area contributed by atoms with E-state index >= 15 is 0 Å². The van der Waals surface area contributed by atoms with Crippen LogP contribution in [0.3, 0.4) is 0 Å². The van der Waals surface area contributed by atoms with Crippen molar-refractivity contribution in [1.29, 1.82) is 0 Å². The molecule has 10 nitrogen and oxygen atoms in total. The number of carboxylic acids is 1. The van der Waals surface area contributed by atoms with Crippen LogP contribution in [-0.2, 0) is 14.4 Å². The fourth-order valence-corrected chi connectivity index (χ4v) is 2.42. The standard InChI is InChI=1S/C12H14N6O4S/c1-6(11(22)13-2-8(20)21)18-7(19)3-23-12-9-10(15-4-14-9)16-5-17-12/h4-6H,2-3H2,1H3,(H,13,22)(H,18,19)(H,20,21)(H,14,15,16,17)/t6-/m0/s1. The van der Waals surface area contributed by atoms with Crippen LogP contribution in [-0.4, -0.2) is 61.2 Å². The first-order valence-electron chi connectivity index (χ1n) is 6.53. The Bertz CT molecular complexity index is 733. The molecule has 0 radical (unpaired) electrons. The summed E-state index contributed by atoms with van der Waals surface area (Å²) in [4.78, 5) is 48.7. The van der Waals surface area contributed by atoms with E-state index in [1.54, 1.807) is 0 Å². The van der Waals surface area contributed by atoms with E-state index in [1.807, 2.05) is 0 Å². The van der Waals surface area contributed by atoms with E-state index in [4.69, 9.17) is 5.11 Å². The molecule has 0 aliphatic heterocycles. The average Bonchev–Trinajstić information content (AvgIpc) is 2.99. The molecule has 0 aliphatic rings. The summed E-state index contributed by atoms with van der Waals surface area (Å²) in [5.41, 5.74) is 1.14. The van der Waals surface area contributed by atoms with E-state index in [1.165, 1.54) is 31.3 Å². The lowest BCUT2D eigenvalue weighted by molar-refractivity contribution is -0.138. The third kappa shape index (κ3) is 4.64. The highest BCUT2D eigenvalue weighted by molar-refractivity contribution is 8.00. The van der Waals surface area contributed by atoms with Crippen LogP contribution in [0.25, 0.3) is 11.2 Å². The number of amides is 2. The maximum absolute atomic E-state index is 11.8. The van der Waals surface area contributed by atoms with Crippen molar-refractivity contribution >= 4 is 40.7 Å².